The van der Waals surface area contributed by atoms with Gasteiger partial charge in [-0.25, -0.2) is 0 Å². The minimum Gasteiger partial charge on any atom is -0.435 e. The van der Waals surface area contributed by atoms with E-state index in [0.717, 1.165) is 57.6 Å². The van der Waals surface area contributed by atoms with Crippen molar-refractivity contribution in [3.05, 3.63) is 164 Å². The third-order valence-corrected chi connectivity index (χ3v) is 18.1. The molecule has 0 unspecified atom stereocenters. The van der Waals surface area contributed by atoms with Crippen molar-refractivity contribution in [3.63, 3.8) is 0 Å². The van der Waals surface area contributed by atoms with Gasteiger partial charge in [0.05, 0.1) is 10.6 Å². The molecule has 0 atom stereocenters. The first-order valence-electron chi connectivity index (χ1n) is 27.9. The summed E-state index contributed by atoms with van der Waals surface area (Å²) in [6.45, 7) is 55.4. The second-order valence-corrected chi connectivity index (χ2v) is 33.2. The van der Waals surface area contributed by atoms with E-state index in [1.165, 1.54) is 66.8 Å². The summed E-state index contributed by atoms with van der Waals surface area (Å²) in [5, 5.41) is 2.05. The monoisotopic (exact) mass is 1060 g/mol. The molecule has 0 fully saturated rings. The Hall–Kier alpha value is -4.62. The number of hydrogen-bond donors (Lipinski definition) is 0. The number of rotatable bonds is 3. The third-order valence-electron chi connectivity index (χ3n) is 15.3. The maximum atomic E-state index is 7.39. The fourth-order valence-electron chi connectivity index (χ4n) is 10.2. The van der Waals surface area contributed by atoms with E-state index >= 15 is 0 Å². The van der Waals surface area contributed by atoms with Crippen molar-refractivity contribution in [2.75, 3.05) is 0 Å². The third kappa shape index (κ3) is 12.2. The zero-order valence-corrected chi connectivity index (χ0v) is 53.0. The van der Waals surface area contributed by atoms with Crippen LogP contribution in [-0.4, -0.2) is 0 Å². The second-order valence-electron chi connectivity index (χ2n) is 30.4. The lowest BCUT2D eigenvalue weighted by molar-refractivity contribution is 0.453. The van der Waals surface area contributed by atoms with Gasteiger partial charge in [0.15, 0.2) is 0 Å². The van der Waals surface area contributed by atoms with E-state index in [1.807, 2.05) is 0 Å². The Bertz CT molecular complexity index is 2760. The molecule has 0 saturated carbocycles. The van der Waals surface area contributed by atoms with Crippen LogP contribution in [0.3, 0.4) is 0 Å². The molecule has 2 heterocycles. The lowest BCUT2D eigenvalue weighted by atomic mass is 9.76. The normalized spacial score (nSPS) is 15.3. The van der Waals surface area contributed by atoms with Gasteiger partial charge in [-0.15, -0.1) is 0 Å². The molecule has 4 nitrogen and oxygen atoms in total. The molecule has 0 N–H and O–H groups in total. The van der Waals surface area contributed by atoms with E-state index in [4.69, 9.17) is 18.1 Å². The van der Waals surface area contributed by atoms with Gasteiger partial charge in [0.25, 0.3) is 0 Å². The van der Waals surface area contributed by atoms with Crippen molar-refractivity contribution >= 4 is 27.4 Å². The first-order chi connectivity index (χ1) is 34.7. The molecule has 0 radical (unpaired) electrons. The highest BCUT2D eigenvalue weighted by Gasteiger charge is 2.38. The van der Waals surface area contributed by atoms with Crippen LogP contribution >= 0.6 is 16.8 Å². The van der Waals surface area contributed by atoms with E-state index in [9.17, 15) is 0 Å². The van der Waals surface area contributed by atoms with Gasteiger partial charge < -0.3 is 18.1 Å². The largest absolute Gasteiger partial charge is 0.435 e. The zero-order chi connectivity index (χ0) is 56.3. The zero-order valence-electron chi connectivity index (χ0n) is 51.2. The quantitative estimate of drug-likeness (QED) is 0.166. The minimum atomic E-state index is -1.60. The van der Waals surface area contributed by atoms with Crippen molar-refractivity contribution in [2.45, 2.75) is 222 Å². The smallest absolute Gasteiger partial charge is 0.326 e. The van der Waals surface area contributed by atoms with Crippen molar-refractivity contribution < 1.29 is 18.1 Å². The van der Waals surface area contributed by atoms with Crippen molar-refractivity contribution in [2.24, 2.45) is 0 Å². The summed E-state index contributed by atoms with van der Waals surface area (Å²) in [4.78, 5) is 0. The van der Waals surface area contributed by atoms with Gasteiger partial charge in [0.2, 0.25) is 0 Å². The molecule has 76 heavy (non-hydrogen) atoms. The highest BCUT2D eigenvalue weighted by Crippen LogP contribution is 2.55. The van der Waals surface area contributed by atoms with Crippen LogP contribution in [0.2, 0.25) is 0 Å². The topological polar surface area (TPSA) is 36.9 Å². The predicted octanol–water partition coefficient (Wildman–Crippen LogP) is 19.7. The Morgan fingerprint density at radius 1 is 0.263 bits per heavy atom. The Balaban J connectivity index is 1.22. The fraction of sp³-hybridized carbons (Fsp3) is 0.486. The lowest BCUT2D eigenvalue weighted by Crippen LogP contribution is -2.23. The van der Waals surface area contributed by atoms with Gasteiger partial charge in [0, 0.05) is 35.1 Å². The highest BCUT2D eigenvalue weighted by molar-refractivity contribution is 7.57. The molecule has 6 aromatic rings. The van der Waals surface area contributed by atoms with E-state index in [2.05, 4.69) is 263 Å². The summed E-state index contributed by atoms with van der Waals surface area (Å²) < 4.78 is 29.6. The molecule has 6 heteroatoms. The molecule has 0 saturated heterocycles. The van der Waals surface area contributed by atoms with Gasteiger partial charge in [0.1, 0.15) is 23.0 Å². The Kier molecular flexibility index (Phi) is 14.9. The maximum absolute atomic E-state index is 7.39. The molecule has 0 aromatic heterocycles. The highest BCUT2D eigenvalue weighted by atomic mass is 31.2. The Labute approximate surface area is 463 Å². The van der Waals surface area contributed by atoms with E-state index in [-0.39, 0.29) is 43.3 Å². The summed E-state index contributed by atoms with van der Waals surface area (Å²) in [5.74, 6) is 3.81. The summed E-state index contributed by atoms with van der Waals surface area (Å²) in [6.07, 6.45) is 1.46. The van der Waals surface area contributed by atoms with Crippen LogP contribution in [0.4, 0.5) is 0 Å². The van der Waals surface area contributed by atoms with Crippen LogP contribution in [0.25, 0.3) is 11.1 Å². The van der Waals surface area contributed by atoms with Crippen LogP contribution in [0.5, 0.6) is 23.0 Å². The molecule has 0 spiro atoms. The first kappa shape index (κ1) is 57.6. The Morgan fingerprint density at radius 2 is 0.461 bits per heavy atom. The number of benzene rings is 6. The number of fused-ring (bicyclic) bond motifs is 4. The first-order valence-corrected chi connectivity index (χ1v) is 30.3. The molecule has 6 aromatic carbocycles. The van der Waals surface area contributed by atoms with E-state index in [1.54, 1.807) is 0 Å². The van der Waals surface area contributed by atoms with E-state index < -0.39 is 16.8 Å². The number of hydrogen-bond acceptors (Lipinski definition) is 4. The molecule has 8 rings (SSSR count). The SMILES string of the molecule is CC(C)(C)c1cc2c(c(C(C)(C)C)c1)OP(c1ccc(-c3ccc(P4Oc5c(cc(C(C)(C)C)cc5C(C)(C)C)Cc5cc(C(C)(C)C)cc(C(C)(C)C)c5O4)cc3)cc1)Oc1c(cc(C(C)(C)C)cc1C(C)(C)C)C2. The second kappa shape index (κ2) is 19.6. The van der Waals surface area contributed by atoms with Crippen LogP contribution in [-0.2, 0) is 56.2 Å². The summed E-state index contributed by atoms with van der Waals surface area (Å²) >= 11 is 0. The molecule has 0 bridgehead atoms. The molecule has 2 aliphatic heterocycles. The maximum Gasteiger partial charge on any atom is 0.326 e. The Morgan fingerprint density at radius 3 is 0.632 bits per heavy atom. The predicted molar refractivity (Wildman–Crippen MR) is 328 cm³/mol. The molecular formula is C70H92O4P2. The standard InChI is InChI=1S/C70H92O4P2/c1-63(2,3)49-35-45-33-46-36-50(64(4,5)6)40-56(68(16,17)18)60(46)72-75(71-59(45)55(39-49)67(13,14)15)53-29-25-43(26-30-53)44-27-31-54(32-28-44)76-73-61-47(37-51(65(7,8)9)41-57(61)69(19,20)21)34-48-38-52(66(10,11)12)42-58(62(48)74-76)70(22,23)24/h25-32,35-42H,33-34H2,1-24H3. The van der Waals surface area contributed by atoms with Gasteiger partial charge >= 0.3 is 16.8 Å². The van der Waals surface area contributed by atoms with Crippen LogP contribution in [0.1, 0.15) is 233 Å². The van der Waals surface area contributed by atoms with Crippen LogP contribution < -0.4 is 28.7 Å². The van der Waals surface area contributed by atoms with Gasteiger partial charge in [-0.05, 0) is 123 Å². The molecule has 0 amide bonds. The van der Waals surface area contributed by atoms with Crippen molar-refractivity contribution in [3.8, 4) is 34.1 Å². The minimum absolute atomic E-state index is 0.0369. The van der Waals surface area contributed by atoms with Crippen LogP contribution in [0, 0.1) is 0 Å². The van der Waals surface area contributed by atoms with Gasteiger partial charge in [-0.2, -0.15) is 0 Å². The molecular weight excluding hydrogens is 967 g/mol. The lowest BCUT2D eigenvalue weighted by Gasteiger charge is -2.35. The van der Waals surface area contributed by atoms with E-state index in [0.29, 0.717) is 0 Å². The molecule has 406 valence electrons. The summed E-state index contributed by atoms with van der Waals surface area (Å²) in [5.41, 5.74) is 16.5. The van der Waals surface area contributed by atoms with Crippen molar-refractivity contribution in [1.82, 2.24) is 0 Å². The fourth-order valence-corrected chi connectivity index (χ4v) is 13.0. The summed E-state index contributed by atoms with van der Waals surface area (Å²) in [7, 11) is -3.20. The average molecular weight is 1060 g/mol. The molecule has 2 aliphatic rings. The van der Waals surface area contributed by atoms with Crippen molar-refractivity contribution in [1.29, 1.82) is 0 Å². The average Bonchev–Trinajstić information content (AvgIpc) is 3.25. The van der Waals surface area contributed by atoms with Crippen LogP contribution in [0.15, 0.2) is 97.1 Å². The van der Waals surface area contributed by atoms with Gasteiger partial charge in [-0.3, -0.25) is 0 Å². The molecule has 0 aliphatic carbocycles. The van der Waals surface area contributed by atoms with Gasteiger partial charge in [-0.1, -0.05) is 239 Å². The summed E-state index contributed by atoms with van der Waals surface area (Å²) in [6, 6.07) is 37.0.